The molecule has 1 amide bonds. The third kappa shape index (κ3) is 3.33. The Kier molecular flexibility index (Phi) is 4.34. The molecule has 1 aromatic rings. The van der Waals surface area contributed by atoms with Crippen LogP contribution in [0.2, 0.25) is 0 Å². The molecule has 108 valence electrons. The molecule has 0 bridgehead atoms. The highest BCUT2D eigenvalue weighted by Gasteiger charge is 2.20. The summed E-state index contributed by atoms with van der Waals surface area (Å²) in [6.07, 6.45) is 0.235. The third-order valence-corrected chi connectivity index (χ3v) is 3.35. The minimum Gasteiger partial charge on any atom is -0.481 e. The minimum atomic E-state index is -1.03. The van der Waals surface area contributed by atoms with Gasteiger partial charge in [-0.25, -0.2) is 4.39 Å². The zero-order valence-corrected chi connectivity index (χ0v) is 10.9. The van der Waals surface area contributed by atoms with Crippen LogP contribution in [0.1, 0.15) is 42.9 Å². The van der Waals surface area contributed by atoms with Crippen molar-refractivity contribution in [3.05, 3.63) is 29.1 Å². The number of aryl methyl sites for hydroxylation is 1. The Labute approximate surface area is 115 Å². The second-order valence-corrected chi connectivity index (χ2v) is 4.88. The molecule has 1 unspecified atom stereocenters. The number of fused-ring (bicyclic) bond motifs is 1. The molecule has 0 radical (unpaired) electrons. The standard InChI is InChI=1S/C14H16FNO4/c15-10-7-11-8(4-5-13(18)16-11)6-9(10)12(17)2-1-3-14(19)20/h6-7,12,17H,1-5H2,(H,16,18)(H,19,20). The van der Waals surface area contributed by atoms with Crippen LogP contribution in [0, 0.1) is 5.82 Å². The second kappa shape index (κ2) is 6.00. The molecule has 1 atom stereocenters. The van der Waals surface area contributed by atoms with Crippen LogP contribution in [-0.2, 0) is 16.0 Å². The summed E-state index contributed by atoms with van der Waals surface area (Å²) in [6, 6.07) is 2.76. The highest BCUT2D eigenvalue weighted by atomic mass is 19.1. The summed E-state index contributed by atoms with van der Waals surface area (Å²) in [5.74, 6) is -1.67. The number of hydrogen-bond donors (Lipinski definition) is 3. The number of aliphatic carboxylic acids is 1. The van der Waals surface area contributed by atoms with Crippen LogP contribution in [0.4, 0.5) is 10.1 Å². The molecular weight excluding hydrogens is 265 g/mol. The maximum atomic E-state index is 13.9. The number of halogens is 1. The molecule has 1 aliphatic rings. The van der Waals surface area contributed by atoms with Crippen LogP contribution < -0.4 is 5.32 Å². The molecule has 20 heavy (non-hydrogen) atoms. The molecule has 0 aliphatic carbocycles. The van der Waals surface area contributed by atoms with Crippen LogP contribution >= 0.6 is 0 Å². The molecule has 5 nitrogen and oxygen atoms in total. The Hall–Kier alpha value is -1.95. The number of rotatable bonds is 5. The first-order valence-corrected chi connectivity index (χ1v) is 6.49. The van der Waals surface area contributed by atoms with Crippen molar-refractivity contribution in [1.29, 1.82) is 0 Å². The summed E-state index contributed by atoms with van der Waals surface area (Å²) in [5, 5.41) is 21.1. The van der Waals surface area contributed by atoms with Gasteiger partial charge in [0, 0.05) is 24.1 Å². The van der Waals surface area contributed by atoms with Gasteiger partial charge in [0.1, 0.15) is 5.82 Å². The van der Waals surface area contributed by atoms with E-state index in [2.05, 4.69) is 5.32 Å². The summed E-state index contributed by atoms with van der Waals surface area (Å²) < 4.78 is 13.9. The van der Waals surface area contributed by atoms with Crippen molar-refractivity contribution >= 4 is 17.6 Å². The maximum absolute atomic E-state index is 13.9. The van der Waals surface area contributed by atoms with Gasteiger partial charge in [0.25, 0.3) is 0 Å². The lowest BCUT2D eigenvalue weighted by atomic mass is 9.96. The number of carbonyl (C=O) groups excluding carboxylic acids is 1. The zero-order chi connectivity index (χ0) is 14.7. The predicted octanol–water partition coefficient (Wildman–Crippen LogP) is 2.00. The van der Waals surface area contributed by atoms with Crippen LogP contribution in [-0.4, -0.2) is 22.1 Å². The Bertz CT molecular complexity index is 544. The van der Waals surface area contributed by atoms with Crippen LogP contribution in [0.5, 0.6) is 0 Å². The first kappa shape index (κ1) is 14.5. The van der Waals surface area contributed by atoms with Gasteiger partial charge in [-0.1, -0.05) is 0 Å². The number of carboxylic acids is 1. The minimum absolute atomic E-state index is 0.0559. The smallest absolute Gasteiger partial charge is 0.303 e. The lowest BCUT2D eigenvalue weighted by Gasteiger charge is -2.20. The lowest BCUT2D eigenvalue weighted by molar-refractivity contribution is -0.137. The molecule has 0 spiro atoms. The van der Waals surface area contributed by atoms with Crippen molar-refractivity contribution < 1.29 is 24.2 Å². The average molecular weight is 281 g/mol. The van der Waals surface area contributed by atoms with E-state index < -0.39 is 17.9 Å². The van der Waals surface area contributed by atoms with Crippen LogP contribution in [0.25, 0.3) is 0 Å². The topological polar surface area (TPSA) is 86.6 Å². The van der Waals surface area contributed by atoms with Gasteiger partial charge in [0.2, 0.25) is 5.91 Å². The van der Waals surface area contributed by atoms with Gasteiger partial charge in [-0.3, -0.25) is 9.59 Å². The van der Waals surface area contributed by atoms with Gasteiger partial charge in [-0.05, 0) is 37.0 Å². The van der Waals surface area contributed by atoms with Gasteiger partial charge in [0.15, 0.2) is 0 Å². The number of carbonyl (C=O) groups is 2. The molecule has 3 N–H and O–H groups in total. The van der Waals surface area contributed by atoms with Gasteiger partial charge < -0.3 is 15.5 Å². The summed E-state index contributed by atoms with van der Waals surface area (Å²) in [4.78, 5) is 21.6. The quantitative estimate of drug-likeness (QED) is 0.770. The van der Waals surface area contributed by atoms with E-state index in [1.54, 1.807) is 6.07 Å². The summed E-state index contributed by atoms with van der Waals surface area (Å²) in [7, 11) is 0. The van der Waals surface area contributed by atoms with E-state index in [0.29, 0.717) is 18.5 Å². The van der Waals surface area contributed by atoms with Crippen molar-refractivity contribution in [3.63, 3.8) is 0 Å². The Morgan fingerprint density at radius 2 is 2.15 bits per heavy atom. The van der Waals surface area contributed by atoms with E-state index in [1.165, 1.54) is 6.07 Å². The zero-order valence-electron chi connectivity index (χ0n) is 10.9. The molecule has 0 saturated heterocycles. The van der Waals surface area contributed by atoms with Crippen molar-refractivity contribution in [1.82, 2.24) is 0 Å². The molecule has 6 heteroatoms. The molecular formula is C14H16FNO4. The number of nitrogens with one attached hydrogen (secondary N) is 1. The van der Waals surface area contributed by atoms with Gasteiger partial charge in [0.05, 0.1) is 6.10 Å². The fourth-order valence-corrected chi connectivity index (χ4v) is 2.28. The number of anilines is 1. The van der Waals surface area contributed by atoms with E-state index in [9.17, 15) is 19.1 Å². The van der Waals surface area contributed by atoms with Gasteiger partial charge in [-0.2, -0.15) is 0 Å². The Balaban J connectivity index is 2.12. The molecule has 1 heterocycles. The van der Waals surface area contributed by atoms with E-state index in [-0.39, 0.29) is 30.7 Å². The molecule has 1 aromatic carbocycles. The second-order valence-electron chi connectivity index (χ2n) is 4.88. The summed E-state index contributed by atoms with van der Waals surface area (Å²) in [6.45, 7) is 0. The maximum Gasteiger partial charge on any atom is 0.303 e. The Morgan fingerprint density at radius 3 is 2.85 bits per heavy atom. The SMILES string of the molecule is O=C(O)CCCC(O)c1cc2c(cc1F)NC(=O)CC2. The molecule has 0 saturated carbocycles. The molecule has 2 rings (SSSR count). The van der Waals surface area contributed by atoms with Crippen LogP contribution in [0.15, 0.2) is 12.1 Å². The van der Waals surface area contributed by atoms with E-state index in [4.69, 9.17) is 5.11 Å². The number of benzene rings is 1. The Morgan fingerprint density at radius 1 is 1.40 bits per heavy atom. The molecule has 0 aromatic heterocycles. The number of amides is 1. The van der Waals surface area contributed by atoms with E-state index in [1.807, 2.05) is 0 Å². The van der Waals surface area contributed by atoms with Crippen LogP contribution in [0.3, 0.4) is 0 Å². The average Bonchev–Trinajstić information content (AvgIpc) is 2.37. The number of aliphatic hydroxyl groups is 1. The number of carboxylic acid groups (broad SMARTS) is 1. The number of aliphatic hydroxyl groups excluding tert-OH is 1. The largest absolute Gasteiger partial charge is 0.481 e. The summed E-state index contributed by atoms with van der Waals surface area (Å²) >= 11 is 0. The predicted molar refractivity (Wildman–Crippen MR) is 69.8 cm³/mol. The van der Waals surface area contributed by atoms with Crippen molar-refractivity contribution in [3.8, 4) is 0 Å². The summed E-state index contributed by atoms with van der Waals surface area (Å²) in [5.41, 5.74) is 1.39. The first-order chi connectivity index (χ1) is 9.47. The van der Waals surface area contributed by atoms with E-state index >= 15 is 0 Å². The van der Waals surface area contributed by atoms with Crippen molar-refractivity contribution in [2.45, 2.75) is 38.2 Å². The van der Waals surface area contributed by atoms with Gasteiger partial charge in [-0.15, -0.1) is 0 Å². The highest BCUT2D eigenvalue weighted by molar-refractivity contribution is 5.93. The van der Waals surface area contributed by atoms with Gasteiger partial charge >= 0.3 is 5.97 Å². The van der Waals surface area contributed by atoms with E-state index in [0.717, 1.165) is 5.56 Å². The lowest BCUT2D eigenvalue weighted by Crippen LogP contribution is -2.20. The molecule has 0 fully saturated rings. The fraction of sp³-hybridized carbons (Fsp3) is 0.429. The molecule has 1 aliphatic heterocycles. The monoisotopic (exact) mass is 281 g/mol. The van der Waals surface area contributed by atoms with Crippen molar-refractivity contribution in [2.75, 3.05) is 5.32 Å². The normalized spacial score (nSPS) is 15.4. The first-order valence-electron chi connectivity index (χ1n) is 6.49. The number of hydrogen-bond acceptors (Lipinski definition) is 3. The highest BCUT2D eigenvalue weighted by Crippen LogP contribution is 2.30. The fourth-order valence-electron chi connectivity index (χ4n) is 2.28. The van der Waals surface area contributed by atoms with Crippen molar-refractivity contribution in [2.24, 2.45) is 0 Å². The third-order valence-electron chi connectivity index (χ3n) is 3.35.